The molecule has 2 N–H and O–H groups in total. The number of fused-ring (bicyclic) bond motifs is 1. The van der Waals surface area contributed by atoms with Crippen LogP contribution < -0.4 is 15.4 Å². The fourth-order valence-electron chi connectivity index (χ4n) is 5.32. The zero-order chi connectivity index (χ0) is 25.5. The number of benzene rings is 3. The molecule has 0 saturated heterocycles. The van der Waals surface area contributed by atoms with Gasteiger partial charge in [-0.15, -0.1) is 0 Å². The van der Waals surface area contributed by atoms with Crippen LogP contribution in [-0.2, 0) is 11.2 Å². The lowest BCUT2D eigenvalue weighted by Gasteiger charge is -2.21. The van der Waals surface area contributed by atoms with Crippen LogP contribution in [0.2, 0.25) is 0 Å². The van der Waals surface area contributed by atoms with E-state index in [4.69, 9.17) is 4.74 Å². The molecule has 0 spiro atoms. The monoisotopic (exact) mass is 494 g/mol. The van der Waals surface area contributed by atoms with Crippen LogP contribution in [0.5, 0.6) is 5.75 Å². The van der Waals surface area contributed by atoms with Crippen molar-refractivity contribution in [2.45, 2.75) is 51.9 Å². The third-order valence-corrected chi connectivity index (χ3v) is 7.61. The molecular formula is C33H38N2O2. The first-order valence-electron chi connectivity index (χ1n) is 13.8. The van der Waals surface area contributed by atoms with Gasteiger partial charge in [0, 0.05) is 23.2 Å². The van der Waals surface area contributed by atoms with E-state index in [1.54, 1.807) is 0 Å². The first-order chi connectivity index (χ1) is 18.1. The molecule has 0 aromatic heterocycles. The van der Waals surface area contributed by atoms with Gasteiger partial charge < -0.3 is 15.4 Å². The van der Waals surface area contributed by atoms with Crippen LogP contribution in [0.3, 0.4) is 0 Å². The maximum absolute atomic E-state index is 13.1. The zero-order valence-electron chi connectivity index (χ0n) is 21.9. The van der Waals surface area contributed by atoms with Gasteiger partial charge in [0.15, 0.2) is 0 Å². The van der Waals surface area contributed by atoms with E-state index in [-0.39, 0.29) is 5.91 Å². The highest BCUT2D eigenvalue weighted by molar-refractivity contribution is 6.07. The molecule has 5 rings (SSSR count). The lowest BCUT2D eigenvalue weighted by Crippen LogP contribution is -2.26. The van der Waals surface area contributed by atoms with Crippen molar-refractivity contribution in [2.75, 3.05) is 25.0 Å². The fourth-order valence-corrected chi connectivity index (χ4v) is 5.32. The minimum Gasteiger partial charge on any atom is -0.493 e. The van der Waals surface area contributed by atoms with Crippen molar-refractivity contribution in [3.8, 4) is 16.9 Å². The van der Waals surface area contributed by atoms with Gasteiger partial charge in [0.25, 0.3) is 5.91 Å². The van der Waals surface area contributed by atoms with Crippen molar-refractivity contribution in [3.63, 3.8) is 0 Å². The molecule has 1 fully saturated rings. The quantitative estimate of drug-likeness (QED) is 0.326. The highest BCUT2D eigenvalue weighted by atomic mass is 16.5. The molecule has 0 bridgehead atoms. The number of ether oxygens (including phenoxy) is 1. The van der Waals surface area contributed by atoms with E-state index in [0.717, 1.165) is 59.1 Å². The van der Waals surface area contributed by atoms with E-state index < -0.39 is 0 Å². The Morgan fingerprint density at radius 2 is 1.68 bits per heavy atom. The minimum atomic E-state index is -0.0703. The van der Waals surface area contributed by atoms with E-state index in [1.807, 2.05) is 24.3 Å². The maximum atomic E-state index is 13.1. The molecule has 1 amide bonds. The molecular weight excluding hydrogens is 456 g/mol. The highest BCUT2D eigenvalue weighted by Gasteiger charge is 2.17. The van der Waals surface area contributed by atoms with Gasteiger partial charge in [-0.05, 0) is 92.2 Å². The molecule has 0 radical (unpaired) electrons. The van der Waals surface area contributed by atoms with E-state index in [1.165, 1.54) is 43.2 Å². The number of anilines is 1. The standard InChI is InChI=1S/C33H38N2O2/c1-24-7-11-27(12-8-24)28-13-16-32-30(21-28)22-29(18-20-37-32)33(36)35-31-14-9-25(10-15-31)17-19-34-23-26-5-3-2-4-6-26/h7-16,21-22,26,34H,2-6,17-20,23H2,1H3,(H,35,36). The van der Waals surface area contributed by atoms with Crippen molar-refractivity contribution in [1.29, 1.82) is 0 Å². The normalized spacial score (nSPS) is 15.8. The smallest absolute Gasteiger partial charge is 0.251 e. The summed E-state index contributed by atoms with van der Waals surface area (Å²) in [5.74, 6) is 1.61. The Morgan fingerprint density at radius 3 is 2.46 bits per heavy atom. The molecule has 2 aliphatic rings. The Labute approximate surface area is 221 Å². The topological polar surface area (TPSA) is 50.4 Å². The van der Waals surface area contributed by atoms with Crippen LogP contribution in [0, 0.1) is 12.8 Å². The van der Waals surface area contributed by atoms with Crippen LogP contribution in [-0.4, -0.2) is 25.6 Å². The van der Waals surface area contributed by atoms with E-state index in [2.05, 4.69) is 66.1 Å². The number of amides is 1. The van der Waals surface area contributed by atoms with Crippen molar-refractivity contribution < 1.29 is 9.53 Å². The van der Waals surface area contributed by atoms with Gasteiger partial charge in [0.1, 0.15) is 5.75 Å². The number of carbonyl (C=O) groups is 1. The van der Waals surface area contributed by atoms with Gasteiger partial charge in [-0.1, -0.05) is 67.3 Å². The highest BCUT2D eigenvalue weighted by Crippen LogP contribution is 2.31. The molecule has 1 saturated carbocycles. The third kappa shape index (κ3) is 6.90. The lowest BCUT2D eigenvalue weighted by atomic mass is 9.89. The molecule has 3 aromatic carbocycles. The average molecular weight is 495 g/mol. The summed E-state index contributed by atoms with van der Waals surface area (Å²) in [6, 6.07) is 22.9. The lowest BCUT2D eigenvalue weighted by molar-refractivity contribution is -0.113. The van der Waals surface area contributed by atoms with Crippen LogP contribution in [0.15, 0.2) is 72.3 Å². The first kappa shape index (κ1) is 25.3. The van der Waals surface area contributed by atoms with E-state index >= 15 is 0 Å². The number of hydrogen-bond acceptors (Lipinski definition) is 3. The fraction of sp³-hybridized carbons (Fsp3) is 0.364. The SMILES string of the molecule is Cc1ccc(-c2ccc3c(c2)C=C(C(=O)Nc2ccc(CCNCC4CCCCC4)cc2)CCO3)cc1. The summed E-state index contributed by atoms with van der Waals surface area (Å²) in [5.41, 5.74) is 7.29. The Balaban J connectivity index is 1.18. The molecule has 4 heteroatoms. The number of carbonyl (C=O) groups excluding carboxylic acids is 1. The van der Waals surface area contributed by atoms with Crippen LogP contribution >= 0.6 is 0 Å². The first-order valence-corrected chi connectivity index (χ1v) is 13.8. The van der Waals surface area contributed by atoms with Crippen LogP contribution in [0.25, 0.3) is 17.2 Å². The van der Waals surface area contributed by atoms with Gasteiger partial charge in [-0.2, -0.15) is 0 Å². The molecule has 3 aromatic rings. The molecule has 1 aliphatic heterocycles. The number of hydrogen-bond donors (Lipinski definition) is 2. The van der Waals surface area contributed by atoms with Crippen molar-refractivity contribution in [2.24, 2.45) is 5.92 Å². The Hall–Kier alpha value is -3.37. The van der Waals surface area contributed by atoms with Gasteiger partial charge in [0.2, 0.25) is 0 Å². The average Bonchev–Trinajstić information content (AvgIpc) is 3.15. The van der Waals surface area contributed by atoms with E-state index in [0.29, 0.717) is 13.0 Å². The van der Waals surface area contributed by atoms with Gasteiger partial charge in [-0.25, -0.2) is 0 Å². The predicted octanol–water partition coefficient (Wildman–Crippen LogP) is 7.18. The molecule has 37 heavy (non-hydrogen) atoms. The summed E-state index contributed by atoms with van der Waals surface area (Å²) in [6.45, 7) is 4.72. The van der Waals surface area contributed by atoms with E-state index in [9.17, 15) is 4.79 Å². The minimum absolute atomic E-state index is 0.0703. The van der Waals surface area contributed by atoms with Crippen LogP contribution in [0.1, 0.15) is 55.2 Å². The second-order valence-corrected chi connectivity index (χ2v) is 10.5. The van der Waals surface area contributed by atoms with Crippen molar-refractivity contribution >= 4 is 17.7 Å². The zero-order valence-corrected chi connectivity index (χ0v) is 21.9. The number of rotatable bonds is 8. The summed E-state index contributed by atoms with van der Waals surface area (Å²) in [7, 11) is 0. The molecule has 0 atom stereocenters. The second-order valence-electron chi connectivity index (χ2n) is 10.5. The largest absolute Gasteiger partial charge is 0.493 e. The molecule has 1 aliphatic carbocycles. The van der Waals surface area contributed by atoms with Gasteiger partial charge in [0.05, 0.1) is 6.61 Å². The maximum Gasteiger partial charge on any atom is 0.251 e. The molecule has 4 nitrogen and oxygen atoms in total. The predicted molar refractivity (Wildman–Crippen MR) is 153 cm³/mol. The van der Waals surface area contributed by atoms with Crippen molar-refractivity contribution in [3.05, 3.63) is 89.0 Å². The third-order valence-electron chi connectivity index (χ3n) is 7.61. The summed E-state index contributed by atoms with van der Waals surface area (Å²) < 4.78 is 5.95. The summed E-state index contributed by atoms with van der Waals surface area (Å²) in [6.07, 6.45) is 10.5. The Kier molecular flexibility index (Phi) is 8.37. The van der Waals surface area contributed by atoms with Crippen LogP contribution in [0.4, 0.5) is 5.69 Å². The molecule has 0 unspecified atom stereocenters. The summed E-state index contributed by atoms with van der Waals surface area (Å²) in [4.78, 5) is 13.1. The summed E-state index contributed by atoms with van der Waals surface area (Å²) in [5, 5.41) is 6.72. The Morgan fingerprint density at radius 1 is 0.919 bits per heavy atom. The number of nitrogens with one attached hydrogen (secondary N) is 2. The molecule has 1 heterocycles. The van der Waals surface area contributed by atoms with Gasteiger partial charge in [-0.3, -0.25) is 4.79 Å². The second kappa shape index (κ2) is 12.2. The number of aryl methyl sites for hydroxylation is 1. The summed E-state index contributed by atoms with van der Waals surface area (Å²) >= 11 is 0. The van der Waals surface area contributed by atoms with Crippen molar-refractivity contribution in [1.82, 2.24) is 5.32 Å². The van der Waals surface area contributed by atoms with Gasteiger partial charge >= 0.3 is 0 Å². The Bertz CT molecular complexity index is 1220. The molecule has 192 valence electrons.